The van der Waals surface area contributed by atoms with E-state index in [-0.39, 0.29) is 40.5 Å². The molecule has 39 heavy (non-hydrogen) atoms. The molecule has 0 saturated heterocycles. The number of pyridine rings is 1. The van der Waals surface area contributed by atoms with Crippen LogP contribution in [0.3, 0.4) is 0 Å². The highest BCUT2D eigenvalue weighted by molar-refractivity contribution is 6.00. The van der Waals surface area contributed by atoms with Gasteiger partial charge in [0.1, 0.15) is 34.3 Å². The van der Waals surface area contributed by atoms with Gasteiger partial charge in [0.05, 0.1) is 6.20 Å². The van der Waals surface area contributed by atoms with Crippen LogP contribution < -0.4 is 21.1 Å². The van der Waals surface area contributed by atoms with E-state index in [9.17, 15) is 18.8 Å². The van der Waals surface area contributed by atoms with Crippen molar-refractivity contribution in [2.45, 2.75) is 45.3 Å². The van der Waals surface area contributed by atoms with Gasteiger partial charge in [0.15, 0.2) is 5.65 Å². The van der Waals surface area contributed by atoms with Crippen molar-refractivity contribution in [3.63, 3.8) is 0 Å². The topological polar surface area (TPSA) is 123 Å². The zero-order chi connectivity index (χ0) is 27.9. The van der Waals surface area contributed by atoms with E-state index in [2.05, 4.69) is 20.7 Å². The first-order chi connectivity index (χ1) is 18.5. The fourth-order valence-electron chi connectivity index (χ4n) is 3.86. The zero-order valence-corrected chi connectivity index (χ0v) is 21.9. The number of halogens is 1. The molecule has 12 heteroatoms. The second-order valence-electron chi connectivity index (χ2n) is 10.3. The number of rotatable bonds is 6. The van der Waals surface area contributed by atoms with Gasteiger partial charge in [0.25, 0.3) is 11.5 Å². The lowest BCUT2D eigenvalue weighted by Crippen LogP contribution is -2.35. The number of aromatic nitrogens is 4. The third-order valence-electron chi connectivity index (χ3n) is 5.94. The van der Waals surface area contributed by atoms with Gasteiger partial charge in [0, 0.05) is 31.0 Å². The molecule has 0 spiro atoms. The first kappa shape index (κ1) is 25.9. The molecule has 5 rings (SSSR count). The van der Waals surface area contributed by atoms with Crippen molar-refractivity contribution in [3.8, 4) is 5.69 Å². The summed E-state index contributed by atoms with van der Waals surface area (Å²) < 4.78 is 21.7. The molecule has 1 aliphatic carbocycles. The van der Waals surface area contributed by atoms with Gasteiger partial charge < -0.3 is 15.4 Å². The van der Waals surface area contributed by atoms with Gasteiger partial charge in [0.2, 0.25) is 0 Å². The normalized spacial score (nSPS) is 13.3. The average Bonchev–Trinajstić information content (AvgIpc) is 3.59. The molecule has 3 heterocycles. The van der Waals surface area contributed by atoms with Crippen molar-refractivity contribution in [2.75, 3.05) is 17.3 Å². The first-order valence-electron chi connectivity index (χ1n) is 12.4. The highest BCUT2D eigenvalue weighted by Gasteiger charge is 2.28. The van der Waals surface area contributed by atoms with Crippen molar-refractivity contribution in [2.24, 2.45) is 0 Å². The van der Waals surface area contributed by atoms with Crippen molar-refractivity contribution in [1.82, 2.24) is 24.5 Å². The molecule has 0 bridgehead atoms. The van der Waals surface area contributed by atoms with Gasteiger partial charge in [-0.3, -0.25) is 19.1 Å². The van der Waals surface area contributed by atoms with Crippen LogP contribution in [0.2, 0.25) is 0 Å². The summed E-state index contributed by atoms with van der Waals surface area (Å²) in [6, 6.07) is 10.4. The maximum atomic E-state index is 13.4. The molecule has 3 aromatic heterocycles. The number of carbonyl (C=O) groups is 2. The standard InChI is InChI=1S/C27H28FN7O4/c1-27(2,3)39-26(38)33(4)22-14-21(32-23-19(15-29-35(22)23)24(36)30-17-9-10-17)31-20-6-5-13-34(25(20)37)18-11-7-16(28)8-12-18/h5-8,11-15,17H,9-10H2,1-4H3,(H,30,36)(H,31,32). The molecule has 0 atom stereocenters. The van der Waals surface area contributed by atoms with Gasteiger partial charge in [-0.25, -0.2) is 14.2 Å². The Morgan fingerprint density at radius 1 is 1.15 bits per heavy atom. The Labute approximate surface area is 223 Å². The number of benzene rings is 1. The lowest BCUT2D eigenvalue weighted by atomic mass is 10.2. The Hall–Kier alpha value is -4.74. The number of hydrogen-bond donors (Lipinski definition) is 2. The van der Waals surface area contributed by atoms with Crippen LogP contribution in [-0.2, 0) is 4.74 Å². The molecular formula is C27H28FN7O4. The quantitative estimate of drug-likeness (QED) is 0.384. The number of fused-ring (bicyclic) bond motifs is 1. The van der Waals surface area contributed by atoms with Crippen molar-refractivity contribution >= 4 is 35.0 Å². The highest BCUT2D eigenvalue weighted by Crippen LogP contribution is 2.26. The minimum atomic E-state index is -0.743. The minimum Gasteiger partial charge on any atom is -0.443 e. The smallest absolute Gasteiger partial charge is 0.415 e. The van der Waals surface area contributed by atoms with Crippen LogP contribution in [-0.4, -0.2) is 49.9 Å². The molecule has 2 amide bonds. The van der Waals surface area contributed by atoms with Crippen LogP contribution in [0, 0.1) is 5.82 Å². The number of carbonyl (C=O) groups excluding carboxylic acids is 2. The molecule has 1 aromatic carbocycles. The van der Waals surface area contributed by atoms with E-state index < -0.39 is 23.1 Å². The molecule has 1 saturated carbocycles. The van der Waals surface area contributed by atoms with E-state index >= 15 is 0 Å². The number of nitrogens with zero attached hydrogens (tertiary/aromatic N) is 5. The molecule has 2 N–H and O–H groups in total. The Morgan fingerprint density at radius 2 is 1.87 bits per heavy atom. The second-order valence-corrected chi connectivity index (χ2v) is 10.3. The third kappa shape index (κ3) is 5.59. The Balaban J connectivity index is 1.57. The molecule has 11 nitrogen and oxygen atoms in total. The van der Waals surface area contributed by atoms with Crippen LogP contribution >= 0.6 is 0 Å². The molecule has 1 fully saturated rings. The van der Waals surface area contributed by atoms with Gasteiger partial charge >= 0.3 is 6.09 Å². The molecular weight excluding hydrogens is 505 g/mol. The number of nitrogens with one attached hydrogen (secondary N) is 2. The van der Waals surface area contributed by atoms with E-state index in [0.29, 0.717) is 5.69 Å². The Kier molecular flexibility index (Phi) is 6.54. The van der Waals surface area contributed by atoms with Crippen LogP contribution in [0.25, 0.3) is 11.3 Å². The summed E-state index contributed by atoms with van der Waals surface area (Å²) in [5.41, 5.74) is -0.0813. The number of anilines is 3. The third-order valence-corrected chi connectivity index (χ3v) is 5.94. The summed E-state index contributed by atoms with van der Waals surface area (Å²) in [4.78, 5) is 44.9. The predicted octanol–water partition coefficient (Wildman–Crippen LogP) is 4.03. The molecule has 1 aliphatic rings. The average molecular weight is 534 g/mol. The fraction of sp³-hybridized carbons (Fsp3) is 0.296. The summed E-state index contributed by atoms with van der Waals surface area (Å²) in [6.07, 6.45) is 4.13. The van der Waals surface area contributed by atoms with Crippen LogP contribution in [0.15, 0.2) is 59.7 Å². The fourth-order valence-corrected chi connectivity index (χ4v) is 3.86. The maximum absolute atomic E-state index is 13.4. The number of ether oxygens (including phenoxy) is 1. The zero-order valence-electron chi connectivity index (χ0n) is 21.9. The van der Waals surface area contributed by atoms with E-state index in [0.717, 1.165) is 12.8 Å². The molecule has 0 unspecified atom stereocenters. The summed E-state index contributed by atoms with van der Waals surface area (Å²) in [5, 5.41) is 10.2. The molecule has 202 valence electrons. The molecule has 0 radical (unpaired) electrons. The van der Waals surface area contributed by atoms with Crippen molar-refractivity contribution in [3.05, 3.63) is 76.6 Å². The summed E-state index contributed by atoms with van der Waals surface area (Å²) in [6.45, 7) is 5.26. The van der Waals surface area contributed by atoms with E-state index in [1.165, 1.54) is 57.6 Å². The van der Waals surface area contributed by atoms with E-state index in [4.69, 9.17) is 4.74 Å². The predicted molar refractivity (Wildman–Crippen MR) is 143 cm³/mol. The lowest BCUT2D eigenvalue weighted by molar-refractivity contribution is 0.0587. The summed E-state index contributed by atoms with van der Waals surface area (Å²) in [5.74, 6) is -0.288. The second kappa shape index (κ2) is 9.86. The lowest BCUT2D eigenvalue weighted by Gasteiger charge is -2.25. The first-order valence-corrected chi connectivity index (χ1v) is 12.4. The maximum Gasteiger partial charge on any atom is 0.415 e. The van der Waals surface area contributed by atoms with Crippen LogP contribution in [0.1, 0.15) is 44.0 Å². The van der Waals surface area contributed by atoms with Crippen LogP contribution in [0.5, 0.6) is 0 Å². The van der Waals surface area contributed by atoms with Gasteiger partial charge in [-0.2, -0.15) is 9.61 Å². The monoisotopic (exact) mass is 533 g/mol. The van der Waals surface area contributed by atoms with Crippen molar-refractivity contribution < 1.29 is 18.7 Å². The minimum absolute atomic E-state index is 0.118. The van der Waals surface area contributed by atoms with Gasteiger partial charge in [-0.1, -0.05) is 0 Å². The highest BCUT2D eigenvalue weighted by atomic mass is 19.1. The molecule has 4 aromatic rings. The van der Waals surface area contributed by atoms with Crippen LogP contribution in [0.4, 0.5) is 26.5 Å². The van der Waals surface area contributed by atoms with E-state index in [1.807, 2.05) is 0 Å². The SMILES string of the molecule is CN(C(=O)OC(C)(C)C)c1cc(Nc2cccn(-c3ccc(F)cc3)c2=O)nc2c(C(=O)NC3CC3)cnn12. The number of hydrogen-bond acceptors (Lipinski definition) is 7. The van der Waals surface area contributed by atoms with Crippen molar-refractivity contribution in [1.29, 1.82) is 0 Å². The Bertz CT molecular complexity index is 1620. The van der Waals surface area contributed by atoms with E-state index in [1.54, 1.807) is 39.1 Å². The van der Waals surface area contributed by atoms with Gasteiger partial charge in [-0.05, 0) is 70.0 Å². The van der Waals surface area contributed by atoms with Gasteiger partial charge in [-0.15, -0.1) is 0 Å². The summed E-state index contributed by atoms with van der Waals surface area (Å²) in [7, 11) is 1.52. The molecule has 0 aliphatic heterocycles. The number of amides is 2. The summed E-state index contributed by atoms with van der Waals surface area (Å²) >= 11 is 0. The largest absolute Gasteiger partial charge is 0.443 e. The Morgan fingerprint density at radius 3 is 2.54 bits per heavy atom.